The van der Waals surface area contributed by atoms with Crippen molar-refractivity contribution < 1.29 is 4.74 Å². The first-order chi connectivity index (χ1) is 15.9. The van der Waals surface area contributed by atoms with E-state index in [1.807, 2.05) is 41.1 Å². The predicted octanol–water partition coefficient (Wildman–Crippen LogP) is 5.14. The Morgan fingerprint density at radius 2 is 1.44 bits per heavy atom. The Bertz CT molecular complexity index is 1120. The molecule has 0 saturated carbocycles. The van der Waals surface area contributed by atoms with Crippen LogP contribution in [0.4, 0.5) is 0 Å². The number of ether oxygens (including phenoxy) is 1. The predicted molar refractivity (Wildman–Crippen MR) is 128 cm³/mol. The fourth-order valence-corrected chi connectivity index (χ4v) is 4.26. The minimum Gasteiger partial charge on any atom is -0.492 e. The normalized spacial score (nSPS) is 14.0. The van der Waals surface area contributed by atoms with E-state index in [0.717, 1.165) is 41.4 Å². The Balaban J connectivity index is 1.39. The van der Waals surface area contributed by atoms with Crippen molar-refractivity contribution in [1.82, 2.24) is 19.9 Å². The number of hydrogen-bond donors (Lipinski definition) is 0. The third kappa shape index (κ3) is 4.73. The maximum Gasteiger partial charge on any atom is 0.121 e. The van der Waals surface area contributed by atoms with Gasteiger partial charge in [0.15, 0.2) is 0 Å². The summed E-state index contributed by atoms with van der Waals surface area (Å²) in [6.45, 7) is 4.78. The highest BCUT2D eigenvalue weighted by Gasteiger charge is 2.17. The summed E-state index contributed by atoms with van der Waals surface area (Å²) in [5.74, 6) is 0.899. The standard InChI is InChI=1S/C27H28N4O/c1-3-9-22(10-4-1)21-31-27(26(28-29-31)23-11-5-2-6-12-23)24-13-15-25(16-14-24)32-20-19-30-17-7-8-18-30/h1-6,9-16H,7-8,17-21H2. The summed E-state index contributed by atoms with van der Waals surface area (Å²) in [4.78, 5) is 2.47. The molecule has 0 N–H and O–H groups in total. The fraction of sp³-hybridized carbons (Fsp3) is 0.259. The van der Waals surface area contributed by atoms with Crippen LogP contribution in [0.25, 0.3) is 22.5 Å². The molecular formula is C27H28N4O. The van der Waals surface area contributed by atoms with Gasteiger partial charge in [0.1, 0.15) is 18.1 Å². The molecule has 5 rings (SSSR count). The Hall–Kier alpha value is -3.44. The first-order valence-electron chi connectivity index (χ1n) is 11.4. The van der Waals surface area contributed by atoms with Crippen LogP contribution in [0.1, 0.15) is 18.4 Å². The van der Waals surface area contributed by atoms with Crippen LogP contribution < -0.4 is 4.74 Å². The van der Waals surface area contributed by atoms with Crippen molar-refractivity contribution in [2.75, 3.05) is 26.2 Å². The summed E-state index contributed by atoms with van der Waals surface area (Å²) in [6.07, 6.45) is 2.62. The molecule has 162 valence electrons. The van der Waals surface area contributed by atoms with E-state index in [1.54, 1.807) is 0 Å². The van der Waals surface area contributed by atoms with Crippen LogP contribution in [-0.4, -0.2) is 46.1 Å². The maximum atomic E-state index is 6.00. The molecule has 5 nitrogen and oxygen atoms in total. The van der Waals surface area contributed by atoms with Gasteiger partial charge in [0.25, 0.3) is 0 Å². The smallest absolute Gasteiger partial charge is 0.121 e. The minimum absolute atomic E-state index is 0.671. The average molecular weight is 425 g/mol. The molecule has 0 radical (unpaired) electrons. The van der Waals surface area contributed by atoms with Crippen LogP contribution in [0.5, 0.6) is 5.75 Å². The van der Waals surface area contributed by atoms with Gasteiger partial charge in [-0.2, -0.15) is 0 Å². The SMILES string of the molecule is c1ccc(Cn2nnc(-c3ccccc3)c2-c2ccc(OCCN3CCCC3)cc2)cc1. The number of aromatic nitrogens is 3. The summed E-state index contributed by atoms with van der Waals surface area (Å²) < 4.78 is 7.99. The highest BCUT2D eigenvalue weighted by molar-refractivity contribution is 5.78. The first-order valence-corrected chi connectivity index (χ1v) is 11.4. The molecule has 5 heteroatoms. The lowest BCUT2D eigenvalue weighted by Gasteiger charge is -2.15. The van der Waals surface area contributed by atoms with Crippen molar-refractivity contribution in [1.29, 1.82) is 0 Å². The molecular weight excluding hydrogens is 396 g/mol. The third-order valence-corrected chi connectivity index (χ3v) is 5.96. The number of nitrogens with zero attached hydrogens (tertiary/aromatic N) is 4. The molecule has 3 aromatic carbocycles. The molecule has 1 aliphatic rings. The number of benzene rings is 3. The van der Waals surface area contributed by atoms with Gasteiger partial charge in [-0.3, -0.25) is 4.90 Å². The van der Waals surface area contributed by atoms with E-state index in [4.69, 9.17) is 4.74 Å². The average Bonchev–Trinajstić information content (AvgIpc) is 3.51. The summed E-state index contributed by atoms with van der Waals surface area (Å²) in [5, 5.41) is 9.06. The van der Waals surface area contributed by atoms with Crippen LogP contribution in [-0.2, 0) is 6.54 Å². The molecule has 4 aromatic rings. The van der Waals surface area contributed by atoms with E-state index < -0.39 is 0 Å². The fourth-order valence-electron chi connectivity index (χ4n) is 4.26. The Morgan fingerprint density at radius 1 is 0.750 bits per heavy atom. The number of likely N-dealkylation sites (tertiary alicyclic amines) is 1. The topological polar surface area (TPSA) is 43.2 Å². The summed E-state index contributed by atoms with van der Waals surface area (Å²) in [6, 6.07) is 28.9. The molecule has 0 amide bonds. The second-order valence-corrected chi connectivity index (χ2v) is 8.22. The van der Waals surface area contributed by atoms with E-state index in [9.17, 15) is 0 Å². The van der Waals surface area contributed by atoms with E-state index in [1.165, 1.54) is 31.5 Å². The Labute approximate surface area is 189 Å². The molecule has 32 heavy (non-hydrogen) atoms. The van der Waals surface area contributed by atoms with Crippen LogP contribution >= 0.6 is 0 Å². The van der Waals surface area contributed by atoms with Gasteiger partial charge in [0.2, 0.25) is 0 Å². The zero-order valence-corrected chi connectivity index (χ0v) is 18.2. The zero-order valence-electron chi connectivity index (χ0n) is 18.2. The lowest BCUT2D eigenvalue weighted by Crippen LogP contribution is -2.25. The van der Waals surface area contributed by atoms with Gasteiger partial charge in [-0.15, -0.1) is 5.10 Å². The zero-order chi connectivity index (χ0) is 21.6. The molecule has 0 aliphatic carbocycles. The molecule has 1 aliphatic heterocycles. The maximum absolute atomic E-state index is 6.00. The second-order valence-electron chi connectivity index (χ2n) is 8.22. The molecule has 1 fully saturated rings. The van der Waals surface area contributed by atoms with Gasteiger partial charge in [0, 0.05) is 17.7 Å². The van der Waals surface area contributed by atoms with Crippen molar-refractivity contribution in [2.45, 2.75) is 19.4 Å². The van der Waals surface area contributed by atoms with E-state index >= 15 is 0 Å². The molecule has 1 saturated heterocycles. The molecule has 0 spiro atoms. The third-order valence-electron chi connectivity index (χ3n) is 5.96. The molecule has 0 bridgehead atoms. The molecule has 1 aromatic heterocycles. The van der Waals surface area contributed by atoms with Crippen molar-refractivity contribution >= 4 is 0 Å². The van der Waals surface area contributed by atoms with Crippen LogP contribution in [0.3, 0.4) is 0 Å². The lowest BCUT2D eigenvalue weighted by molar-refractivity contribution is 0.238. The van der Waals surface area contributed by atoms with Crippen LogP contribution in [0, 0.1) is 0 Å². The Morgan fingerprint density at radius 3 is 2.16 bits per heavy atom. The monoisotopic (exact) mass is 424 g/mol. The van der Waals surface area contributed by atoms with Crippen molar-refractivity contribution in [3.8, 4) is 28.3 Å². The summed E-state index contributed by atoms with van der Waals surface area (Å²) in [5.41, 5.74) is 5.25. The number of rotatable bonds is 8. The van der Waals surface area contributed by atoms with Gasteiger partial charge in [-0.1, -0.05) is 65.9 Å². The summed E-state index contributed by atoms with van der Waals surface area (Å²) >= 11 is 0. The first kappa shape index (κ1) is 20.5. The summed E-state index contributed by atoms with van der Waals surface area (Å²) in [7, 11) is 0. The van der Waals surface area contributed by atoms with Gasteiger partial charge in [-0.05, 0) is 55.8 Å². The van der Waals surface area contributed by atoms with E-state index in [0.29, 0.717) is 6.54 Å². The van der Waals surface area contributed by atoms with Crippen molar-refractivity contribution in [2.24, 2.45) is 0 Å². The largest absolute Gasteiger partial charge is 0.492 e. The van der Waals surface area contributed by atoms with Crippen LogP contribution in [0.2, 0.25) is 0 Å². The highest BCUT2D eigenvalue weighted by Crippen LogP contribution is 2.31. The van der Waals surface area contributed by atoms with Gasteiger partial charge in [-0.25, -0.2) is 4.68 Å². The van der Waals surface area contributed by atoms with Gasteiger partial charge < -0.3 is 4.74 Å². The second kappa shape index (κ2) is 9.79. The van der Waals surface area contributed by atoms with Gasteiger partial charge in [0.05, 0.1) is 12.2 Å². The van der Waals surface area contributed by atoms with E-state index in [2.05, 4.69) is 63.7 Å². The molecule has 0 atom stereocenters. The lowest BCUT2D eigenvalue weighted by atomic mass is 10.0. The number of hydrogen-bond acceptors (Lipinski definition) is 4. The van der Waals surface area contributed by atoms with Crippen LogP contribution in [0.15, 0.2) is 84.9 Å². The minimum atomic E-state index is 0.671. The Kier molecular flexibility index (Phi) is 6.26. The van der Waals surface area contributed by atoms with Crippen molar-refractivity contribution in [3.63, 3.8) is 0 Å². The van der Waals surface area contributed by atoms with E-state index in [-0.39, 0.29) is 0 Å². The highest BCUT2D eigenvalue weighted by atomic mass is 16.5. The van der Waals surface area contributed by atoms with Gasteiger partial charge >= 0.3 is 0 Å². The quantitative estimate of drug-likeness (QED) is 0.393. The van der Waals surface area contributed by atoms with Crippen molar-refractivity contribution in [3.05, 3.63) is 90.5 Å². The molecule has 2 heterocycles. The molecule has 0 unspecified atom stereocenters.